The molecule has 3 N–H and O–H groups in total. The van der Waals surface area contributed by atoms with Gasteiger partial charge in [-0.15, -0.1) is 0 Å². The molecule has 5 nitrogen and oxygen atoms in total. The quantitative estimate of drug-likeness (QED) is 0.714. The molecule has 0 aliphatic carbocycles. The molecule has 0 aromatic heterocycles. The number of nitrogens with one attached hydrogen (secondary N) is 2. The molecule has 0 radical (unpaired) electrons. The molecule has 1 amide bonds. The van der Waals surface area contributed by atoms with Crippen molar-refractivity contribution in [3.05, 3.63) is 35.9 Å². The van der Waals surface area contributed by atoms with Crippen LogP contribution < -0.4 is 10.8 Å². The highest BCUT2D eigenvalue weighted by Crippen LogP contribution is 2.07. The van der Waals surface area contributed by atoms with E-state index in [1.807, 2.05) is 30.3 Å². The fourth-order valence-corrected chi connectivity index (χ4v) is 1.58. The molecule has 106 valence electrons. The second-order valence-corrected chi connectivity index (χ2v) is 5.40. The van der Waals surface area contributed by atoms with E-state index in [0.29, 0.717) is 13.0 Å². The Bertz CT molecular complexity index is 387. The molecule has 0 heterocycles. The second kappa shape index (κ2) is 7.11. The van der Waals surface area contributed by atoms with Crippen LogP contribution in [0.25, 0.3) is 0 Å². The van der Waals surface area contributed by atoms with Crippen molar-refractivity contribution in [2.24, 2.45) is 0 Å². The first-order valence-electron chi connectivity index (χ1n) is 6.31. The molecule has 0 saturated heterocycles. The molecular formula is C14H22N2O3. The van der Waals surface area contributed by atoms with Gasteiger partial charge in [0, 0.05) is 6.54 Å². The highest BCUT2D eigenvalue weighted by Gasteiger charge is 2.17. The summed E-state index contributed by atoms with van der Waals surface area (Å²) in [4.78, 5) is 11.5. The Labute approximate surface area is 113 Å². The average molecular weight is 266 g/mol. The summed E-state index contributed by atoms with van der Waals surface area (Å²) >= 11 is 0. The van der Waals surface area contributed by atoms with Gasteiger partial charge in [0.05, 0.1) is 6.04 Å². The van der Waals surface area contributed by atoms with E-state index in [0.717, 1.165) is 5.56 Å². The molecule has 0 fully saturated rings. The number of amides is 1. The zero-order chi connectivity index (χ0) is 14.3. The van der Waals surface area contributed by atoms with Gasteiger partial charge in [-0.25, -0.2) is 10.3 Å². The van der Waals surface area contributed by atoms with Crippen molar-refractivity contribution >= 4 is 6.09 Å². The second-order valence-electron chi connectivity index (χ2n) is 5.40. The van der Waals surface area contributed by atoms with Crippen LogP contribution in [-0.2, 0) is 11.2 Å². The summed E-state index contributed by atoms with van der Waals surface area (Å²) in [5.41, 5.74) is 2.76. The van der Waals surface area contributed by atoms with Gasteiger partial charge in [-0.1, -0.05) is 30.3 Å². The van der Waals surface area contributed by atoms with E-state index in [2.05, 4.69) is 10.8 Å². The summed E-state index contributed by atoms with van der Waals surface area (Å²) in [5, 5.41) is 11.7. The van der Waals surface area contributed by atoms with Crippen molar-refractivity contribution in [2.45, 2.75) is 38.8 Å². The number of benzene rings is 1. The highest BCUT2D eigenvalue weighted by atomic mass is 16.6. The Morgan fingerprint density at radius 1 is 1.32 bits per heavy atom. The van der Waals surface area contributed by atoms with E-state index in [-0.39, 0.29) is 6.04 Å². The summed E-state index contributed by atoms with van der Waals surface area (Å²) in [7, 11) is 0. The van der Waals surface area contributed by atoms with Gasteiger partial charge in [-0.2, -0.15) is 0 Å². The van der Waals surface area contributed by atoms with Gasteiger partial charge in [-0.3, -0.25) is 0 Å². The zero-order valence-electron chi connectivity index (χ0n) is 11.6. The molecule has 1 rings (SSSR count). The van der Waals surface area contributed by atoms with Gasteiger partial charge in [-0.05, 0) is 32.8 Å². The third kappa shape index (κ3) is 6.79. The van der Waals surface area contributed by atoms with Crippen LogP contribution in [0, 0.1) is 0 Å². The lowest BCUT2D eigenvalue weighted by atomic mass is 10.1. The lowest BCUT2D eigenvalue weighted by Gasteiger charge is -2.21. The predicted molar refractivity (Wildman–Crippen MR) is 73.1 cm³/mol. The van der Waals surface area contributed by atoms with Crippen molar-refractivity contribution in [3.63, 3.8) is 0 Å². The molecule has 0 aliphatic rings. The number of alkyl carbamates (subject to hydrolysis) is 1. The Balaban J connectivity index is 2.39. The van der Waals surface area contributed by atoms with Crippen LogP contribution in [0.1, 0.15) is 26.3 Å². The van der Waals surface area contributed by atoms with E-state index >= 15 is 0 Å². The number of rotatable bonds is 5. The number of carbonyl (C=O) groups excluding carboxylic acids is 1. The molecular weight excluding hydrogens is 244 g/mol. The third-order valence-corrected chi connectivity index (χ3v) is 2.40. The van der Waals surface area contributed by atoms with E-state index in [1.54, 1.807) is 20.8 Å². The first-order chi connectivity index (χ1) is 8.90. The molecule has 0 aliphatic heterocycles. The average Bonchev–Trinajstić information content (AvgIpc) is 2.33. The Morgan fingerprint density at radius 3 is 2.47 bits per heavy atom. The maximum Gasteiger partial charge on any atom is 0.407 e. The Hall–Kier alpha value is -1.59. The smallest absolute Gasteiger partial charge is 0.407 e. The van der Waals surface area contributed by atoms with Crippen LogP contribution >= 0.6 is 0 Å². The van der Waals surface area contributed by atoms with Crippen molar-refractivity contribution in [1.29, 1.82) is 0 Å². The first kappa shape index (κ1) is 15.5. The molecule has 0 saturated carbocycles. The topological polar surface area (TPSA) is 70.6 Å². The first-order valence-corrected chi connectivity index (χ1v) is 6.31. The monoisotopic (exact) mass is 266 g/mol. The fourth-order valence-electron chi connectivity index (χ4n) is 1.58. The molecule has 1 aromatic carbocycles. The van der Waals surface area contributed by atoms with Gasteiger partial charge in [0.25, 0.3) is 0 Å². The molecule has 19 heavy (non-hydrogen) atoms. The van der Waals surface area contributed by atoms with E-state index in [9.17, 15) is 4.79 Å². The van der Waals surface area contributed by atoms with Gasteiger partial charge in [0.15, 0.2) is 0 Å². The summed E-state index contributed by atoms with van der Waals surface area (Å²) in [6.07, 6.45) is 0.133. The lowest BCUT2D eigenvalue weighted by Crippen LogP contribution is -2.42. The Morgan fingerprint density at radius 2 is 1.95 bits per heavy atom. The molecule has 0 spiro atoms. The molecule has 0 unspecified atom stereocenters. The van der Waals surface area contributed by atoms with Gasteiger partial charge < -0.3 is 15.3 Å². The number of hydrogen-bond donors (Lipinski definition) is 3. The molecule has 0 bridgehead atoms. The standard InChI is InChI=1S/C14H22N2O3/c1-14(2,3)19-13(17)15-10-12(16-18)9-11-7-5-4-6-8-11/h4-8,12,16,18H,9-10H2,1-3H3,(H,15,17)/t12-/m0/s1. The number of ether oxygens (including phenoxy) is 1. The minimum absolute atomic E-state index is 0.255. The minimum Gasteiger partial charge on any atom is -0.444 e. The lowest BCUT2D eigenvalue weighted by molar-refractivity contribution is 0.0502. The Kier molecular flexibility index (Phi) is 5.79. The predicted octanol–water partition coefficient (Wildman–Crippen LogP) is 2.10. The normalized spacial score (nSPS) is 12.8. The SMILES string of the molecule is CC(C)(C)OC(=O)NC[C@H](Cc1ccccc1)NO. The summed E-state index contributed by atoms with van der Waals surface area (Å²) in [6, 6.07) is 9.49. The van der Waals surface area contributed by atoms with Crippen molar-refractivity contribution in [2.75, 3.05) is 6.54 Å². The third-order valence-electron chi connectivity index (χ3n) is 2.40. The number of hydroxylamine groups is 1. The largest absolute Gasteiger partial charge is 0.444 e. The van der Waals surface area contributed by atoms with Gasteiger partial charge in [0.2, 0.25) is 0 Å². The minimum atomic E-state index is -0.522. The molecule has 5 heteroatoms. The van der Waals surface area contributed by atoms with Crippen LogP contribution in [0.4, 0.5) is 4.79 Å². The summed E-state index contributed by atoms with van der Waals surface area (Å²) in [6.45, 7) is 5.70. The molecule has 1 atom stereocenters. The van der Waals surface area contributed by atoms with E-state index in [1.165, 1.54) is 0 Å². The number of hydrogen-bond acceptors (Lipinski definition) is 4. The number of carbonyl (C=O) groups is 1. The van der Waals surface area contributed by atoms with Crippen LogP contribution in [0.15, 0.2) is 30.3 Å². The summed E-state index contributed by atoms with van der Waals surface area (Å²) in [5.74, 6) is 0. The van der Waals surface area contributed by atoms with Crippen LogP contribution in [0.5, 0.6) is 0 Å². The van der Waals surface area contributed by atoms with Crippen LogP contribution in [0.2, 0.25) is 0 Å². The van der Waals surface area contributed by atoms with E-state index in [4.69, 9.17) is 9.94 Å². The van der Waals surface area contributed by atoms with Crippen molar-refractivity contribution in [1.82, 2.24) is 10.8 Å². The van der Waals surface area contributed by atoms with Crippen LogP contribution in [-0.4, -0.2) is 29.5 Å². The molecule has 1 aromatic rings. The van der Waals surface area contributed by atoms with Crippen molar-refractivity contribution in [3.8, 4) is 0 Å². The maximum atomic E-state index is 11.5. The highest BCUT2D eigenvalue weighted by molar-refractivity contribution is 5.67. The van der Waals surface area contributed by atoms with Gasteiger partial charge >= 0.3 is 6.09 Å². The fraction of sp³-hybridized carbons (Fsp3) is 0.500. The van der Waals surface area contributed by atoms with Gasteiger partial charge in [0.1, 0.15) is 5.60 Å². The maximum absolute atomic E-state index is 11.5. The van der Waals surface area contributed by atoms with Crippen LogP contribution in [0.3, 0.4) is 0 Å². The zero-order valence-corrected chi connectivity index (χ0v) is 11.6. The van der Waals surface area contributed by atoms with E-state index < -0.39 is 11.7 Å². The van der Waals surface area contributed by atoms with Crippen molar-refractivity contribution < 1.29 is 14.7 Å². The summed E-state index contributed by atoms with van der Waals surface area (Å²) < 4.78 is 5.12.